The first kappa shape index (κ1) is 14.2. The number of methoxy groups -OCH3 is 1. The van der Waals surface area contributed by atoms with Crippen molar-refractivity contribution >= 4 is 21.9 Å². The summed E-state index contributed by atoms with van der Waals surface area (Å²) in [6.45, 7) is 4.54. The molecule has 0 amide bonds. The zero-order chi connectivity index (χ0) is 12.8. The van der Waals surface area contributed by atoms with Gasteiger partial charge in [0.25, 0.3) is 0 Å². The Morgan fingerprint density at radius 1 is 1.47 bits per heavy atom. The summed E-state index contributed by atoms with van der Waals surface area (Å²) in [5.74, 6) is -0.312. The molecule has 0 saturated heterocycles. The summed E-state index contributed by atoms with van der Waals surface area (Å²) in [4.78, 5) is 11.2. The number of ether oxygens (including phenoxy) is 1. The number of nitrogens with one attached hydrogen (secondary N) is 1. The SMILES string of the molecule is COC(=O)C(C)CN[C@H](C)c1cccc(Br)c1. The minimum atomic E-state index is -0.182. The maximum absolute atomic E-state index is 11.2. The average Bonchev–Trinajstić information content (AvgIpc) is 2.34. The molecule has 1 rings (SSSR count). The minimum Gasteiger partial charge on any atom is -0.469 e. The fourth-order valence-corrected chi connectivity index (χ4v) is 1.95. The lowest BCUT2D eigenvalue weighted by Crippen LogP contribution is -2.29. The van der Waals surface area contributed by atoms with Crippen LogP contribution in [0.4, 0.5) is 0 Å². The van der Waals surface area contributed by atoms with Crippen LogP contribution in [0.15, 0.2) is 28.7 Å². The summed E-state index contributed by atoms with van der Waals surface area (Å²) in [5.41, 5.74) is 1.19. The molecule has 94 valence electrons. The van der Waals surface area contributed by atoms with Crippen LogP contribution < -0.4 is 5.32 Å². The van der Waals surface area contributed by atoms with Crippen molar-refractivity contribution in [2.24, 2.45) is 5.92 Å². The Morgan fingerprint density at radius 3 is 2.76 bits per heavy atom. The number of benzene rings is 1. The number of hydrogen-bond acceptors (Lipinski definition) is 3. The second-order valence-corrected chi connectivity index (χ2v) is 5.02. The normalized spacial score (nSPS) is 14.1. The van der Waals surface area contributed by atoms with Gasteiger partial charge in [0, 0.05) is 17.1 Å². The van der Waals surface area contributed by atoms with Gasteiger partial charge in [0.15, 0.2) is 0 Å². The van der Waals surface area contributed by atoms with Crippen LogP contribution >= 0.6 is 15.9 Å². The third kappa shape index (κ3) is 4.48. The highest BCUT2D eigenvalue weighted by Crippen LogP contribution is 2.17. The largest absolute Gasteiger partial charge is 0.469 e. The monoisotopic (exact) mass is 299 g/mol. The Kier molecular flexibility index (Phi) is 5.65. The molecule has 0 aliphatic heterocycles. The quantitative estimate of drug-likeness (QED) is 0.850. The number of rotatable bonds is 5. The first-order valence-electron chi connectivity index (χ1n) is 5.61. The van der Waals surface area contributed by atoms with Gasteiger partial charge in [-0.2, -0.15) is 0 Å². The smallest absolute Gasteiger partial charge is 0.309 e. The predicted octanol–water partition coefficient (Wildman–Crippen LogP) is 2.91. The van der Waals surface area contributed by atoms with E-state index in [9.17, 15) is 4.79 Å². The standard InChI is InChI=1S/C13H18BrNO2/c1-9(13(16)17-3)8-15-10(2)11-5-4-6-12(14)7-11/h4-7,9-10,15H,8H2,1-3H3/t9?,10-/m1/s1. The molecule has 0 heterocycles. The lowest BCUT2D eigenvalue weighted by molar-refractivity contribution is -0.144. The van der Waals surface area contributed by atoms with Gasteiger partial charge in [0.2, 0.25) is 0 Å². The van der Waals surface area contributed by atoms with Gasteiger partial charge >= 0.3 is 5.97 Å². The number of esters is 1. The zero-order valence-electron chi connectivity index (χ0n) is 10.4. The summed E-state index contributed by atoms with van der Waals surface area (Å²) in [5, 5.41) is 3.32. The number of hydrogen-bond donors (Lipinski definition) is 1. The molecule has 0 spiro atoms. The molecule has 4 heteroatoms. The van der Waals surface area contributed by atoms with E-state index in [1.165, 1.54) is 12.7 Å². The second kappa shape index (κ2) is 6.77. The van der Waals surface area contributed by atoms with Gasteiger partial charge in [0.05, 0.1) is 13.0 Å². The third-order valence-electron chi connectivity index (χ3n) is 2.68. The topological polar surface area (TPSA) is 38.3 Å². The van der Waals surface area contributed by atoms with Crippen molar-refractivity contribution in [1.29, 1.82) is 0 Å². The molecule has 1 N–H and O–H groups in total. The summed E-state index contributed by atoms with van der Waals surface area (Å²) >= 11 is 3.44. The molecule has 1 aromatic rings. The first-order valence-corrected chi connectivity index (χ1v) is 6.40. The average molecular weight is 300 g/mol. The number of carbonyl (C=O) groups is 1. The lowest BCUT2D eigenvalue weighted by atomic mass is 10.1. The van der Waals surface area contributed by atoms with Crippen LogP contribution in [0.1, 0.15) is 25.5 Å². The Morgan fingerprint density at radius 2 is 2.18 bits per heavy atom. The van der Waals surface area contributed by atoms with E-state index in [0.29, 0.717) is 6.54 Å². The van der Waals surface area contributed by atoms with Crippen LogP contribution in [0.5, 0.6) is 0 Å². The van der Waals surface area contributed by atoms with Crippen molar-refractivity contribution in [3.63, 3.8) is 0 Å². The molecule has 0 aliphatic carbocycles. The Bertz CT molecular complexity index is 381. The molecule has 17 heavy (non-hydrogen) atoms. The first-order chi connectivity index (χ1) is 8.04. The molecule has 0 aromatic heterocycles. The van der Waals surface area contributed by atoms with Crippen molar-refractivity contribution in [3.8, 4) is 0 Å². The predicted molar refractivity (Wildman–Crippen MR) is 71.7 cm³/mol. The van der Waals surface area contributed by atoms with Crippen molar-refractivity contribution in [3.05, 3.63) is 34.3 Å². The van der Waals surface area contributed by atoms with E-state index >= 15 is 0 Å². The van der Waals surface area contributed by atoms with E-state index in [0.717, 1.165) is 4.47 Å². The fraction of sp³-hybridized carbons (Fsp3) is 0.462. The van der Waals surface area contributed by atoms with Gasteiger partial charge in [-0.1, -0.05) is 35.0 Å². The van der Waals surface area contributed by atoms with Gasteiger partial charge < -0.3 is 10.1 Å². The molecular weight excluding hydrogens is 282 g/mol. The van der Waals surface area contributed by atoms with Crippen molar-refractivity contribution in [2.75, 3.05) is 13.7 Å². The molecular formula is C13H18BrNO2. The molecule has 1 unspecified atom stereocenters. The summed E-state index contributed by atoms with van der Waals surface area (Å²) in [6.07, 6.45) is 0. The highest BCUT2D eigenvalue weighted by atomic mass is 79.9. The van der Waals surface area contributed by atoms with Crippen molar-refractivity contribution in [2.45, 2.75) is 19.9 Å². The van der Waals surface area contributed by atoms with Crippen LogP contribution in [0.25, 0.3) is 0 Å². The van der Waals surface area contributed by atoms with Gasteiger partial charge in [0.1, 0.15) is 0 Å². The highest BCUT2D eigenvalue weighted by molar-refractivity contribution is 9.10. The van der Waals surface area contributed by atoms with Crippen molar-refractivity contribution in [1.82, 2.24) is 5.32 Å². The molecule has 0 fully saturated rings. The Labute approximate surface area is 111 Å². The highest BCUT2D eigenvalue weighted by Gasteiger charge is 2.14. The maximum Gasteiger partial charge on any atom is 0.309 e. The third-order valence-corrected chi connectivity index (χ3v) is 3.18. The molecule has 2 atom stereocenters. The molecule has 0 saturated carbocycles. The van der Waals surface area contributed by atoms with Gasteiger partial charge in [-0.3, -0.25) is 4.79 Å². The number of carbonyl (C=O) groups excluding carboxylic acids is 1. The molecule has 1 aromatic carbocycles. The summed E-state index contributed by atoms with van der Waals surface area (Å²) in [7, 11) is 1.41. The zero-order valence-corrected chi connectivity index (χ0v) is 12.0. The molecule has 0 radical (unpaired) electrons. The Hall–Kier alpha value is -0.870. The summed E-state index contributed by atoms with van der Waals surface area (Å²) < 4.78 is 5.74. The van der Waals surface area contributed by atoms with E-state index in [4.69, 9.17) is 0 Å². The Balaban J connectivity index is 2.50. The van der Waals surface area contributed by atoms with E-state index in [1.807, 2.05) is 19.1 Å². The van der Waals surface area contributed by atoms with E-state index in [2.05, 4.69) is 45.0 Å². The van der Waals surface area contributed by atoms with Crippen LogP contribution in [0, 0.1) is 5.92 Å². The lowest BCUT2D eigenvalue weighted by Gasteiger charge is -2.17. The van der Waals surface area contributed by atoms with E-state index in [-0.39, 0.29) is 17.9 Å². The van der Waals surface area contributed by atoms with Crippen LogP contribution in [0.2, 0.25) is 0 Å². The molecule has 0 bridgehead atoms. The van der Waals surface area contributed by atoms with Crippen LogP contribution in [0.3, 0.4) is 0 Å². The minimum absolute atomic E-state index is 0.130. The van der Waals surface area contributed by atoms with Crippen LogP contribution in [-0.4, -0.2) is 19.6 Å². The van der Waals surface area contributed by atoms with Gasteiger partial charge in [-0.15, -0.1) is 0 Å². The molecule has 3 nitrogen and oxygen atoms in total. The van der Waals surface area contributed by atoms with E-state index in [1.54, 1.807) is 0 Å². The van der Waals surface area contributed by atoms with Gasteiger partial charge in [-0.05, 0) is 24.6 Å². The van der Waals surface area contributed by atoms with Crippen molar-refractivity contribution < 1.29 is 9.53 Å². The maximum atomic E-state index is 11.2. The van der Waals surface area contributed by atoms with Gasteiger partial charge in [-0.25, -0.2) is 0 Å². The number of halogens is 1. The second-order valence-electron chi connectivity index (χ2n) is 4.11. The molecule has 0 aliphatic rings. The van der Waals surface area contributed by atoms with Crippen LogP contribution in [-0.2, 0) is 9.53 Å². The fourth-order valence-electron chi connectivity index (χ4n) is 1.53. The summed E-state index contributed by atoms with van der Waals surface area (Å²) in [6, 6.07) is 8.33. The van der Waals surface area contributed by atoms with E-state index < -0.39 is 0 Å².